The molecule has 0 fully saturated rings. The van der Waals surface area contributed by atoms with Crippen LogP contribution in [0.5, 0.6) is 0 Å². The normalized spacial score (nSPS) is 17.0. The second kappa shape index (κ2) is 10.1. The molecule has 1 atom stereocenters. The number of aliphatic hydroxyl groups excluding tert-OH is 1. The number of ether oxygens (including phenoxy) is 2. The fourth-order valence-electron chi connectivity index (χ4n) is 3.78. The van der Waals surface area contributed by atoms with Gasteiger partial charge in [0.25, 0.3) is 0 Å². The lowest BCUT2D eigenvalue weighted by atomic mass is 10.1. The molecule has 178 valence electrons. The summed E-state index contributed by atoms with van der Waals surface area (Å²) in [6.45, 7) is 8.85. The van der Waals surface area contributed by atoms with Crippen molar-refractivity contribution >= 4 is 28.8 Å². The van der Waals surface area contributed by atoms with Gasteiger partial charge in [-0.3, -0.25) is 0 Å². The first-order valence-electron chi connectivity index (χ1n) is 11.4. The highest BCUT2D eigenvalue weighted by Gasteiger charge is 2.37. The van der Waals surface area contributed by atoms with Crippen molar-refractivity contribution in [2.75, 3.05) is 11.9 Å². The van der Waals surface area contributed by atoms with Crippen LogP contribution in [0.25, 0.3) is 17.1 Å². The Morgan fingerprint density at radius 1 is 1.35 bits per heavy atom. The lowest BCUT2D eigenvalue weighted by Gasteiger charge is -2.14. The molecule has 4 N–H and O–H groups in total. The van der Waals surface area contributed by atoms with Gasteiger partial charge < -0.3 is 30.2 Å². The first-order chi connectivity index (χ1) is 16.4. The second-order valence-corrected chi connectivity index (χ2v) is 8.47. The van der Waals surface area contributed by atoms with Crippen molar-refractivity contribution in [3.63, 3.8) is 0 Å². The molecule has 0 aliphatic carbocycles. The lowest BCUT2D eigenvalue weighted by Crippen LogP contribution is -2.21. The first kappa shape index (κ1) is 23.5. The number of aromatic amines is 1. The topological polar surface area (TPSA) is 108 Å². The average Bonchev–Trinajstić information content (AvgIpc) is 3.35. The van der Waals surface area contributed by atoms with E-state index >= 15 is 0 Å². The van der Waals surface area contributed by atoms with Crippen LogP contribution >= 0.6 is 0 Å². The maximum absolute atomic E-state index is 12.7. The van der Waals surface area contributed by atoms with Gasteiger partial charge >= 0.3 is 5.97 Å². The lowest BCUT2D eigenvalue weighted by molar-refractivity contribution is -0.139. The van der Waals surface area contributed by atoms with Crippen molar-refractivity contribution in [1.82, 2.24) is 15.3 Å². The summed E-state index contributed by atoms with van der Waals surface area (Å²) in [6.07, 6.45) is 3.92. The van der Waals surface area contributed by atoms with Gasteiger partial charge in [-0.2, -0.15) is 0 Å². The molecule has 8 heteroatoms. The number of H-pyrrole nitrogens is 1. The number of carbonyl (C=O) groups is 1. The summed E-state index contributed by atoms with van der Waals surface area (Å²) in [5.74, 6) is -0.242. The number of hydrogen-bond donors (Lipinski definition) is 4. The molecule has 34 heavy (non-hydrogen) atoms. The molecule has 8 nitrogen and oxygen atoms in total. The molecule has 1 aliphatic rings. The molecule has 3 heterocycles. The number of aryl methyl sites for hydroxylation is 1. The third-order valence-corrected chi connectivity index (χ3v) is 5.54. The molecular formula is C26H30N4O4. The summed E-state index contributed by atoms with van der Waals surface area (Å²) in [5, 5.41) is 18.4. The first-order valence-corrected chi connectivity index (χ1v) is 11.4. The molecule has 1 unspecified atom stereocenters. The minimum absolute atomic E-state index is 0.0380. The van der Waals surface area contributed by atoms with E-state index in [0.29, 0.717) is 6.04 Å². The third kappa shape index (κ3) is 4.98. The van der Waals surface area contributed by atoms with Gasteiger partial charge in [0.1, 0.15) is 23.1 Å². The van der Waals surface area contributed by atoms with Crippen LogP contribution in [0.1, 0.15) is 37.5 Å². The predicted octanol–water partition coefficient (Wildman–Crippen LogP) is 3.99. The van der Waals surface area contributed by atoms with E-state index in [2.05, 4.69) is 40.5 Å². The number of nitrogens with one attached hydrogen (secondary N) is 3. The van der Waals surface area contributed by atoms with Crippen LogP contribution in [0.4, 0.5) is 5.69 Å². The van der Waals surface area contributed by atoms with E-state index in [9.17, 15) is 9.90 Å². The van der Waals surface area contributed by atoms with Crippen LogP contribution < -0.4 is 10.6 Å². The molecule has 0 saturated heterocycles. The Bertz CT molecular complexity index is 1260. The minimum atomic E-state index is -1.27. The average molecular weight is 463 g/mol. The Morgan fingerprint density at radius 2 is 2.18 bits per heavy atom. The van der Waals surface area contributed by atoms with Gasteiger partial charge in [0.15, 0.2) is 0 Å². The highest BCUT2D eigenvalue weighted by Crippen LogP contribution is 2.33. The molecular weight excluding hydrogens is 432 g/mol. The number of pyridine rings is 1. The van der Waals surface area contributed by atoms with Crippen molar-refractivity contribution in [3.05, 3.63) is 76.6 Å². The highest BCUT2D eigenvalue weighted by atomic mass is 16.5. The molecule has 0 spiro atoms. The van der Waals surface area contributed by atoms with Crippen molar-refractivity contribution in [2.24, 2.45) is 0 Å². The van der Waals surface area contributed by atoms with E-state index in [-0.39, 0.29) is 23.8 Å². The van der Waals surface area contributed by atoms with Crippen LogP contribution in [0.3, 0.4) is 0 Å². The summed E-state index contributed by atoms with van der Waals surface area (Å²) >= 11 is 0. The van der Waals surface area contributed by atoms with E-state index in [1.165, 1.54) is 0 Å². The van der Waals surface area contributed by atoms with E-state index in [0.717, 1.165) is 40.0 Å². The van der Waals surface area contributed by atoms with Gasteiger partial charge in [-0.1, -0.05) is 26.0 Å². The summed E-state index contributed by atoms with van der Waals surface area (Å²) in [5.41, 5.74) is 4.46. The Labute approximate surface area is 198 Å². The zero-order valence-electron chi connectivity index (χ0n) is 19.8. The monoisotopic (exact) mass is 462 g/mol. The zero-order valence-corrected chi connectivity index (χ0v) is 19.8. The van der Waals surface area contributed by atoms with Crippen LogP contribution in [0.2, 0.25) is 0 Å². The molecule has 2 aromatic heterocycles. The molecule has 0 saturated carbocycles. The van der Waals surface area contributed by atoms with Crippen molar-refractivity contribution in [1.29, 1.82) is 0 Å². The van der Waals surface area contributed by atoms with Gasteiger partial charge in [0.2, 0.25) is 5.88 Å². The zero-order chi connectivity index (χ0) is 24.2. The maximum Gasteiger partial charge on any atom is 0.342 e. The van der Waals surface area contributed by atoms with Crippen LogP contribution in [0.15, 0.2) is 59.9 Å². The van der Waals surface area contributed by atoms with Crippen molar-refractivity contribution < 1.29 is 19.4 Å². The van der Waals surface area contributed by atoms with Crippen molar-refractivity contribution in [3.8, 4) is 0 Å². The number of benzene rings is 1. The number of hydrogen-bond acceptors (Lipinski definition) is 7. The predicted molar refractivity (Wildman–Crippen MR) is 132 cm³/mol. The van der Waals surface area contributed by atoms with E-state index in [1.54, 1.807) is 25.4 Å². The van der Waals surface area contributed by atoms with E-state index in [4.69, 9.17) is 9.47 Å². The largest absolute Gasteiger partial charge is 0.462 e. The third-order valence-electron chi connectivity index (χ3n) is 5.54. The standard InChI is InChI=1S/C26H30N4O4/c1-5-33-26(32)22-23(31)21(12-18-14-29-24-19(18)7-6-10-27-24)34-25(22)30-20-9-8-17(11-16(20)4)13-28-15(2)3/h6-12,14-15,23,28,30-31H,5,13H2,1-4H3,(H,27,29)/b21-12-. The summed E-state index contributed by atoms with van der Waals surface area (Å²) in [7, 11) is 0. The van der Waals surface area contributed by atoms with Crippen LogP contribution in [-0.2, 0) is 20.8 Å². The molecule has 0 radical (unpaired) electrons. The smallest absolute Gasteiger partial charge is 0.342 e. The van der Waals surface area contributed by atoms with Crippen LogP contribution in [-0.4, -0.2) is 39.8 Å². The molecule has 1 aromatic carbocycles. The molecule has 1 aliphatic heterocycles. The second-order valence-electron chi connectivity index (χ2n) is 8.47. The number of aliphatic hydroxyl groups is 1. The molecule has 4 rings (SSSR count). The number of aromatic nitrogens is 2. The van der Waals surface area contributed by atoms with Gasteiger partial charge in [-0.05, 0) is 49.2 Å². The molecule has 0 bridgehead atoms. The number of carbonyl (C=O) groups excluding carboxylic acids is 1. The number of fused-ring (bicyclic) bond motifs is 1. The van der Waals surface area contributed by atoms with Gasteiger partial charge in [0, 0.05) is 41.6 Å². The minimum Gasteiger partial charge on any atom is -0.462 e. The van der Waals surface area contributed by atoms with Gasteiger partial charge in [-0.15, -0.1) is 0 Å². The van der Waals surface area contributed by atoms with Gasteiger partial charge in [0.05, 0.1) is 6.61 Å². The number of nitrogens with zero attached hydrogens (tertiary/aromatic N) is 1. The highest BCUT2D eigenvalue weighted by molar-refractivity contribution is 5.93. The Hall–Kier alpha value is -3.62. The Balaban J connectivity index is 1.63. The Kier molecular flexibility index (Phi) is 7.00. The molecule has 3 aromatic rings. The quantitative estimate of drug-likeness (QED) is 0.375. The Morgan fingerprint density at radius 3 is 2.91 bits per heavy atom. The fourth-order valence-corrected chi connectivity index (χ4v) is 3.78. The summed E-state index contributed by atoms with van der Waals surface area (Å²) < 4.78 is 11.2. The summed E-state index contributed by atoms with van der Waals surface area (Å²) in [6, 6.07) is 10.2. The SMILES string of the molecule is CCOC(=O)C1=C(Nc2ccc(CNC(C)C)cc2C)O/C(=C\c2c[nH]c3ncccc23)C1O. The van der Waals surface area contributed by atoms with E-state index < -0.39 is 12.1 Å². The number of anilines is 1. The van der Waals surface area contributed by atoms with E-state index in [1.807, 2.05) is 31.2 Å². The van der Waals surface area contributed by atoms with Crippen molar-refractivity contribution in [2.45, 2.75) is 46.4 Å². The number of rotatable bonds is 8. The van der Waals surface area contributed by atoms with Gasteiger partial charge in [-0.25, -0.2) is 9.78 Å². The fraction of sp³-hybridized carbons (Fsp3) is 0.308. The maximum atomic E-state index is 12.7. The molecule has 0 amide bonds. The number of esters is 1. The summed E-state index contributed by atoms with van der Waals surface area (Å²) in [4.78, 5) is 20.1. The van der Waals surface area contributed by atoms with Crippen LogP contribution in [0, 0.1) is 6.92 Å².